The van der Waals surface area contributed by atoms with E-state index in [2.05, 4.69) is 35.5 Å². The van der Waals surface area contributed by atoms with Crippen molar-refractivity contribution < 1.29 is 0 Å². The third kappa shape index (κ3) is 3.57. The van der Waals surface area contributed by atoms with Gasteiger partial charge in [-0.1, -0.05) is 0 Å². The Bertz CT molecular complexity index is 566. The average Bonchev–Trinajstić information content (AvgIpc) is 3.07. The van der Waals surface area contributed by atoms with Gasteiger partial charge in [0.1, 0.15) is 5.01 Å². The van der Waals surface area contributed by atoms with Crippen LogP contribution in [0.2, 0.25) is 0 Å². The molecule has 0 radical (unpaired) electrons. The van der Waals surface area contributed by atoms with Crippen molar-refractivity contribution in [3.63, 3.8) is 0 Å². The summed E-state index contributed by atoms with van der Waals surface area (Å²) in [5.74, 6) is 1.92. The molecule has 1 fully saturated rings. The highest BCUT2D eigenvalue weighted by Gasteiger charge is 2.16. The average molecular weight is 305 g/mol. The van der Waals surface area contributed by atoms with E-state index in [1.165, 1.54) is 19.3 Å². The van der Waals surface area contributed by atoms with E-state index in [1.807, 2.05) is 12.4 Å². The molecule has 0 aromatic carbocycles. The van der Waals surface area contributed by atoms with Gasteiger partial charge in [0.15, 0.2) is 0 Å². The van der Waals surface area contributed by atoms with Crippen LogP contribution in [0.5, 0.6) is 0 Å². The monoisotopic (exact) mass is 305 g/mol. The van der Waals surface area contributed by atoms with Crippen LogP contribution in [0, 0.1) is 0 Å². The molecule has 8 heteroatoms. The lowest BCUT2D eigenvalue weighted by Gasteiger charge is -2.26. The zero-order valence-corrected chi connectivity index (χ0v) is 12.9. The standard InChI is InChI=1S/C13H19N7S/c1-14-11-17-12(16-9-10-15-5-8-21-10)19-13(18-11)20-6-3-2-4-7-20/h5,8H,2-4,6-7,9H2,1H3,(H2,14,16,17,18,19). The molecule has 21 heavy (non-hydrogen) atoms. The van der Waals surface area contributed by atoms with Gasteiger partial charge in [0.25, 0.3) is 0 Å². The van der Waals surface area contributed by atoms with Crippen LogP contribution in [0.4, 0.5) is 17.8 Å². The molecule has 0 amide bonds. The van der Waals surface area contributed by atoms with Crippen molar-refractivity contribution in [3.8, 4) is 0 Å². The summed E-state index contributed by atoms with van der Waals surface area (Å²) in [5.41, 5.74) is 0. The van der Waals surface area contributed by atoms with Gasteiger partial charge in [0.05, 0.1) is 6.54 Å². The van der Waals surface area contributed by atoms with Gasteiger partial charge in [-0.25, -0.2) is 4.98 Å². The Kier molecular flexibility index (Phi) is 4.44. The molecule has 0 atom stereocenters. The van der Waals surface area contributed by atoms with Crippen LogP contribution in [0.3, 0.4) is 0 Å². The third-order valence-corrected chi connectivity index (χ3v) is 4.15. The maximum absolute atomic E-state index is 4.53. The van der Waals surface area contributed by atoms with E-state index in [0.717, 1.165) is 24.0 Å². The number of piperidine rings is 1. The first-order chi connectivity index (χ1) is 10.3. The summed E-state index contributed by atoms with van der Waals surface area (Å²) in [6.45, 7) is 2.66. The fourth-order valence-corrected chi connectivity index (χ4v) is 2.84. The smallest absolute Gasteiger partial charge is 0.231 e. The van der Waals surface area contributed by atoms with E-state index in [9.17, 15) is 0 Å². The number of hydrogen-bond acceptors (Lipinski definition) is 8. The first kappa shape index (κ1) is 14.0. The Hall–Kier alpha value is -1.96. The van der Waals surface area contributed by atoms with Crippen LogP contribution < -0.4 is 15.5 Å². The van der Waals surface area contributed by atoms with Crippen molar-refractivity contribution in [2.45, 2.75) is 25.8 Å². The van der Waals surface area contributed by atoms with Gasteiger partial charge in [0.2, 0.25) is 17.8 Å². The zero-order chi connectivity index (χ0) is 14.5. The fourth-order valence-electron chi connectivity index (χ4n) is 2.29. The molecular formula is C13H19N7S. The second-order valence-electron chi connectivity index (χ2n) is 4.86. The lowest BCUT2D eigenvalue weighted by atomic mass is 10.1. The summed E-state index contributed by atoms with van der Waals surface area (Å²) >= 11 is 1.61. The molecule has 3 rings (SSSR count). The molecule has 1 saturated heterocycles. The number of hydrogen-bond donors (Lipinski definition) is 2. The van der Waals surface area contributed by atoms with Gasteiger partial charge in [-0.2, -0.15) is 15.0 Å². The van der Waals surface area contributed by atoms with Crippen molar-refractivity contribution in [1.82, 2.24) is 19.9 Å². The Morgan fingerprint density at radius 1 is 1.14 bits per heavy atom. The molecule has 2 aromatic heterocycles. The van der Waals surface area contributed by atoms with Crippen LogP contribution in [-0.2, 0) is 6.54 Å². The quantitative estimate of drug-likeness (QED) is 0.874. The van der Waals surface area contributed by atoms with Crippen LogP contribution >= 0.6 is 11.3 Å². The molecule has 1 aliphatic rings. The molecule has 7 nitrogen and oxygen atoms in total. The van der Waals surface area contributed by atoms with Crippen LogP contribution in [0.1, 0.15) is 24.3 Å². The van der Waals surface area contributed by atoms with Crippen LogP contribution in [0.15, 0.2) is 11.6 Å². The minimum atomic E-state index is 0.588. The highest BCUT2D eigenvalue weighted by atomic mass is 32.1. The molecule has 112 valence electrons. The Labute approximate surface area is 127 Å². The second kappa shape index (κ2) is 6.66. The fraction of sp³-hybridized carbons (Fsp3) is 0.538. The van der Waals surface area contributed by atoms with Crippen molar-refractivity contribution in [2.75, 3.05) is 35.7 Å². The summed E-state index contributed by atoms with van der Waals surface area (Å²) < 4.78 is 0. The molecular weight excluding hydrogens is 286 g/mol. The first-order valence-corrected chi connectivity index (χ1v) is 8.04. The topological polar surface area (TPSA) is 78.9 Å². The minimum Gasteiger partial charge on any atom is -0.357 e. The third-order valence-electron chi connectivity index (χ3n) is 3.37. The lowest BCUT2D eigenvalue weighted by molar-refractivity contribution is 0.568. The van der Waals surface area contributed by atoms with E-state index in [1.54, 1.807) is 17.5 Å². The van der Waals surface area contributed by atoms with Gasteiger partial charge in [-0.3, -0.25) is 0 Å². The summed E-state index contributed by atoms with van der Waals surface area (Å²) in [4.78, 5) is 19.8. The van der Waals surface area contributed by atoms with Gasteiger partial charge >= 0.3 is 0 Å². The highest BCUT2D eigenvalue weighted by Crippen LogP contribution is 2.18. The molecule has 0 spiro atoms. The van der Waals surface area contributed by atoms with E-state index in [-0.39, 0.29) is 0 Å². The number of nitrogens with one attached hydrogen (secondary N) is 2. The van der Waals surface area contributed by atoms with Gasteiger partial charge in [-0.15, -0.1) is 11.3 Å². The van der Waals surface area contributed by atoms with Gasteiger partial charge < -0.3 is 15.5 Å². The van der Waals surface area contributed by atoms with E-state index < -0.39 is 0 Å². The van der Waals surface area contributed by atoms with Crippen LogP contribution in [0.25, 0.3) is 0 Å². The number of anilines is 3. The maximum atomic E-state index is 4.53. The normalized spacial score (nSPS) is 15.0. The lowest BCUT2D eigenvalue weighted by Crippen LogP contribution is -2.31. The number of nitrogens with zero attached hydrogens (tertiary/aromatic N) is 5. The minimum absolute atomic E-state index is 0.588. The molecule has 1 aliphatic heterocycles. The summed E-state index contributed by atoms with van der Waals surface area (Å²) in [7, 11) is 1.82. The number of aromatic nitrogens is 4. The number of thiazole rings is 1. The maximum Gasteiger partial charge on any atom is 0.231 e. The molecule has 2 aromatic rings. The summed E-state index contributed by atoms with van der Waals surface area (Å²) in [6.07, 6.45) is 5.48. The van der Waals surface area contributed by atoms with E-state index in [0.29, 0.717) is 18.4 Å². The Morgan fingerprint density at radius 3 is 2.67 bits per heavy atom. The van der Waals surface area contributed by atoms with Crippen molar-refractivity contribution in [1.29, 1.82) is 0 Å². The van der Waals surface area contributed by atoms with Crippen molar-refractivity contribution in [3.05, 3.63) is 16.6 Å². The molecule has 0 unspecified atom stereocenters. The predicted octanol–water partition coefficient (Wildman–Crippen LogP) is 1.97. The van der Waals surface area contributed by atoms with Crippen LogP contribution in [-0.4, -0.2) is 40.1 Å². The molecule has 0 bridgehead atoms. The van der Waals surface area contributed by atoms with Crippen molar-refractivity contribution in [2.24, 2.45) is 0 Å². The molecule has 3 heterocycles. The van der Waals surface area contributed by atoms with E-state index in [4.69, 9.17) is 0 Å². The molecule has 0 saturated carbocycles. The molecule has 2 N–H and O–H groups in total. The largest absolute Gasteiger partial charge is 0.357 e. The van der Waals surface area contributed by atoms with E-state index >= 15 is 0 Å². The highest BCUT2D eigenvalue weighted by molar-refractivity contribution is 7.09. The number of rotatable bonds is 5. The SMILES string of the molecule is CNc1nc(NCc2nccs2)nc(N2CCCCC2)n1. The summed E-state index contributed by atoms with van der Waals surface area (Å²) in [6, 6.07) is 0. The van der Waals surface area contributed by atoms with Crippen molar-refractivity contribution >= 4 is 29.2 Å². The second-order valence-corrected chi connectivity index (χ2v) is 5.84. The van der Waals surface area contributed by atoms with Gasteiger partial charge in [-0.05, 0) is 19.3 Å². The predicted molar refractivity (Wildman–Crippen MR) is 84.9 cm³/mol. The Morgan fingerprint density at radius 2 is 1.95 bits per heavy atom. The first-order valence-electron chi connectivity index (χ1n) is 7.16. The zero-order valence-electron chi connectivity index (χ0n) is 12.0. The Balaban J connectivity index is 1.75. The summed E-state index contributed by atoms with van der Waals surface area (Å²) in [5, 5.41) is 9.19. The molecule has 0 aliphatic carbocycles. The van der Waals surface area contributed by atoms with Gasteiger partial charge in [0, 0.05) is 31.7 Å².